The van der Waals surface area contributed by atoms with Crippen molar-refractivity contribution in [3.05, 3.63) is 23.5 Å². The second-order valence-corrected chi connectivity index (χ2v) is 4.44. The van der Waals surface area contributed by atoms with Crippen molar-refractivity contribution in [1.29, 1.82) is 0 Å². The Morgan fingerprint density at radius 1 is 1.39 bits per heavy atom. The van der Waals surface area contributed by atoms with Gasteiger partial charge in [0.1, 0.15) is 11.5 Å². The maximum absolute atomic E-state index is 5.79. The van der Waals surface area contributed by atoms with Crippen LogP contribution >= 0.6 is 0 Å². The van der Waals surface area contributed by atoms with Crippen molar-refractivity contribution in [3.63, 3.8) is 0 Å². The second-order valence-electron chi connectivity index (χ2n) is 4.44. The zero-order valence-electron chi connectivity index (χ0n) is 11.0. The van der Waals surface area contributed by atoms with E-state index in [1.165, 1.54) is 6.20 Å². The van der Waals surface area contributed by atoms with E-state index in [0.29, 0.717) is 18.0 Å². The summed E-state index contributed by atoms with van der Waals surface area (Å²) in [5, 5.41) is 0. The van der Waals surface area contributed by atoms with Crippen LogP contribution < -0.4 is 17.2 Å². The number of allylic oxidation sites excluding steroid dienone is 1. The van der Waals surface area contributed by atoms with Crippen molar-refractivity contribution < 1.29 is 0 Å². The van der Waals surface area contributed by atoms with Crippen LogP contribution in [0.3, 0.4) is 0 Å². The zero-order valence-corrected chi connectivity index (χ0v) is 11.0. The second kappa shape index (κ2) is 7.66. The van der Waals surface area contributed by atoms with E-state index >= 15 is 0 Å². The summed E-state index contributed by atoms with van der Waals surface area (Å²) >= 11 is 0. The predicted octanol–water partition coefficient (Wildman–Crippen LogP) is 1.06. The molecule has 0 bridgehead atoms. The summed E-state index contributed by atoms with van der Waals surface area (Å²) in [6.45, 7) is 3.53. The van der Waals surface area contributed by atoms with Crippen LogP contribution in [0.25, 0.3) is 0 Å². The van der Waals surface area contributed by atoms with Crippen LogP contribution in [0.1, 0.15) is 32.6 Å². The largest absolute Gasteiger partial charge is 0.403 e. The number of nitrogens with zero attached hydrogens (tertiary/aromatic N) is 2. The number of aliphatic imine (C=N–C) groups is 2. The Bertz CT molecular complexity index is 390. The first-order valence-corrected chi connectivity index (χ1v) is 6.34. The molecule has 0 atom stereocenters. The number of amidine groups is 1. The van der Waals surface area contributed by atoms with Gasteiger partial charge in [-0.2, -0.15) is 0 Å². The molecule has 0 aromatic carbocycles. The Labute approximate surface area is 109 Å². The maximum atomic E-state index is 5.79. The van der Waals surface area contributed by atoms with Gasteiger partial charge in [-0.1, -0.05) is 12.0 Å². The van der Waals surface area contributed by atoms with Gasteiger partial charge < -0.3 is 17.2 Å². The third-order valence-electron chi connectivity index (χ3n) is 2.67. The van der Waals surface area contributed by atoms with E-state index in [2.05, 4.69) is 9.98 Å². The standard InChI is InChI=1S/C13H23N5/c1-10-7-11(17-6-4-2-3-5-14)12(9-15)18-13(16)8-10/h7,9H,2-6,8,14-15H2,1H3,(H2,16,18)/b12-9+,17-11?. The monoisotopic (exact) mass is 249 g/mol. The molecule has 0 unspecified atom stereocenters. The number of hydrogen-bond donors (Lipinski definition) is 3. The topological polar surface area (TPSA) is 103 Å². The Morgan fingerprint density at radius 2 is 2.17 bits per heavy atom. The lowest BCUT2D eigenvalue weighted by atomic mass is 10.1. The van der Waals surface area contributed by atoms with Gasteiger partial charge in [0.15, 0.2) is 0 Å². The number of hydrogen-bond acceptors (Lipinski definition) is 5. The molecule has 0 fully saturated rings. The van der Waals surface area contributed by atoms with Gasteiger partial charge in [0.2, 0.25) is 0 Å². The molecule has 0 amide bonds. The fraction of sp³-hybridized carbons (Fsp3) is 0.538. The Hall–Kier alpha value is -1.62. The molecule has 0 radical (unpaired) electrons. The van der Waals surface area contributed by atoms with Gasteiger partial charge in [-0.25, -0.2) is 4.99 Å². The minimum absolute atomic E-state index is 0.578. The van der Waals surface area contributed by atoms with E-state index < -0.39 is 0 Å². The van der Waals surface area contributed by atoms with Crippen LogP contribution in [-0.2, 0) is 0 Å². The minimum atomic E-state index is 0.578. The van der Waals surface area contributed by atoms with Crippen LogP contribution in [-0.4, -0.2) is 24.6 Å². The highest BCUT2D eigenvalue weighted by Gasteiger charge is 2.10. The summed E-state index contributed by atoms with van der Waals surface area (Å²) in [6.07, 6.45) is 7.31. The molecule has 5 heteroatoms. The van der Waals surface area contributed by atoms with Crippen molar-refractivity contribution in [3.8, 4) is 0 Å². The molecule has 0 aliphatic carbocycles. The third-order valence-corrected chi connectivity index (χ3v) is 2.67. The van der Waals surface area contributed by atoms with Crippen molar-refractivity contribution >= 4 is 11.5 Å². The minimum Gasteiger partial charge on any atom is -0.403 e. The van der Waals surface area contributed by atoms with Crippen LogP contribution in [0.4, 0.5) is 0 Å². The van der Waals surface area contributed by atoms with Crippen LogP contribution in [0, 0.1) is 0 Å². The lowest BCUT2D eigenvalue weighted by Gasteiger charge is -2.02. The third kappa shape index (κ3) is 4.71. The van der Waals surface area contributed by atoms with Gasteiger partial charge >= 0.3 is 0 Å². The Balaban J connectivity index is 2.71. The quantitative estimate of drug-likeness (QED) is 0.635. The first-order valence-electron chi connectivity index (χ1n) is 6.34. The molecule has 0 aromatic heterocycles. The average molecular weight is 249 g/mol. The molecule has 0 spiro atoms. The molecule has 1 aliphatic heterocycles. The first kappa shape index (κ1) is 14.4. The van der Waals surface area contributed by atoms with Gasteiger partial charge in [-0.05, 0) is 32.4 Å². The number of unbranched alkanes of at least 4 members (excludes halogenated alkanes) is 2. The highest BCUT2D eigenvalue weighted by Crippen LogP contribution is 2.13. The molecule has 100 valence electrons. The smallest absolute Gasteiger partial charge is 0.106 e. The van der Waals surface area contributed by atoms with Gasteiger partial charge in [-0.3, -0.25) is 4.99 Å². The van der Waals surface area contributed by atoms with E-state index in [1.54, 1.807) is 0 Å². The fourth-order valence-electron chi connectivity index (χ4n) is 1.78. The fourth-order valence-corrected chi connectivity index (χ4v) is 1.78. The van der Waals surface area contributed by atoms with Crippen molar-refractivity contribution in [2.45, 2.75) is 32.6 Å². The van der Waals surface area contributed by atoms with E-state index in [-0.39, 0.29) is 0 Å². The molecule has 1 aliphatic rings. The summed E-state index contributed by atoms with van der Waals surface area (Å²) in [6, 6.07) is 0. The lowest BCUT2D eigenvalue weighted by molar-refractivity contribution is 0.696. The van der Waals surface area contributed by atoms with E-state index in [4.69, 9.17) is 17.2 Å². The van der Waals surface area contributed by atoms with Crippen molar-refractivity contribution in [1.82, 2.24) is 0 Å². The molecule has 0 saturated heterocycles. The SMILES string of the molecule is CC1=CC(=NCCCCCN)/C(=C\N)N=C(N)C1. The molecule has 0 saturated carbocycles. The Morgan fingerprint density at radius 3 is 2.83 bits per heavy atom. The highest BCUT2D eigenvalue weighted by molar-refractivity contribution is 6.11. The van der Waals surface area contributed by atoms with Crippen molar-refractivity contribution in [2.75, 3.05) is 13.1 Å². The number of nitrogens with two attached hydrogens (primary N) is 3. The van der Waals surface area contributed by atoms with E-state index in [1.807, 2.05) is 13.0 Å². The molecule has 18 heavy (non-hydrogen) atoms. The molecule has 6 N–H and O–H groups in total. The van der Waals surface area contributed by atoms with Gasteiger partial charge in [-0.15, -0.1) is 0 Å². The summed E-state index contributed by atoms with van der Waals surface area (Å²) in [4.78, 5) is 8.81. The average Bonchev–Trinajstić information content (AvgIpc) is 2.47. The summed E-state index contributed by atoms with van der Waals surface area (Å²) < 4.78 is 0. The molecule has 1 heterocycles. The molecule has 0 aromatic rings. The van der Waals surface area contributed by atoms with Crippen molar-refractivity contribution in [2.24, 2.45) is 27.2 Å². The lowest BCUT2D eigenvalue weighted by Crippen LogP contribution is -2.11. The molecular weight excluding hydrogens is 226 g/mol. The maximum Gasteiger partial charge on any atom is 0.106 e. The van der Waals surface area contributed by atoms with Crippen LogP contribution in [0.2, 0.25) is 0 Å². The molecule has 1 rings (SSSR count). The number of rotatable bonds is 5. The van der Waals surface area contributed by atoms with Crippen LogP contribution in [0.15, 0.2) is 33.5 Å². The summed E-state index contributed by atoms with van der Waals surface area (Å²) in [5.74, 6) is 0.578. The van der Waals surface area contributed by atoms with Crippen LogP contribution in [0.5, 0.6) is 0 Å². The highest BCUT2D eigenvalue weighted by atomic mass is 14.9. The van der Waals surface area contributed by atoms with E-state index in [9.17, 15) is 0 Å². The first-order chi connectivity index (χ1) is 8.67. The molecular formula is C13H23N5. The van der Waals surface area contributed by atoms with E-state index in [0.717, 1.165) is 43.6 Å². The summed E-state index contributed by atoms with van der Waals surface area (Å²) in [5.41, 5.74) is 19.4. The van der Waals surface area contributed by atoms with Gasteiger partial charge in [0.25, 0.3) is 0 Å². The van der Waals surface area contributed by atoms with Gasteiger partial charge in [0.05, 0.1) is 5.71 Å². The zero-order chi connectivity index (χ0) is 13.4. The molecule has 5 nitrogen and oxygen atoms in total. The Kier molecular flexibility index (Phi) is 6.14. The normalized spacial score (nSPS) is 20.8. The summed E-state index contributed by atoms with van der Waals surface area (Å²) in [7, 11) is 0. The van der Waals surface area contributed by atoms with Gasteiger partial charge in [0, 0.05) is 19.2 Å². The predicted molar refractivity (Wildman–Crippen MR) is 77.5 cm³/mol.